The molecule has 1 N–H and O–H groups in total. The van der Waals surface area contributed by atoms with Crippen molar-refractivity contribution in [2.45, 2.75) is 13.2 Å². The second-order valence-electron chi connectivity index (χ2n) is 6.53. The van der Waals surface area contributed by atoms with E-state index in [0.29, 0.717) is 18.9 Å². The number of carbonyl (C=O) groups excluding carboxylic acids is 1. The number of amides is 1. The van der Waals surface area contributed by atoms with Gasteiger partial charge in [-0.15, -0.1) is 0 Å². The molecule has 0 radical (unpaired) electrons. The summed E-state index contributed by atoms with van der Waals surface area (Å²) in [6, 6.07) is 23.2. The second kappa shape index (κ2) is 8.97. The molecule has 3 aromatic carbocycles. The molecule has 0 atom stereocenters. The zero-order valence-corrected chi connectivity index (χ0v) is 15.8. The molecular formula is C24H21NO4. The van der Waals surface area contributed by atoms with Crippen molar-refractivity contribution < 1.29 is 19.0 Å². The van der Waals surface area contributed by atoms with E-state index in [1.54, 1.807) is 6.08 Å². The van der Waals surface area contributed by atoms with E-state index in [9.17, 15) is 4.79 Å². The van der Waals surface area contributed by atoms with E-state index in [1.165, 1.54) is 6.08 Å². The Morgan fingerprint density at radius 2 is 1.69 bits per heavy atom. The molecule has 1 aliphatic heterocycles. The molecule has 1 heterocycles. The van der Waals surface area contributed by atoms with Gasteiger partial charge in [0, 0.05) is 12.6 Å². The van der Waals surface area contributed by atoms with Crippen LogP contribution in [0, 0.1) is 0 Å². The molecule has 4 rings (SSSR count). The minimum Gasteiger partial charge on any atom is -0.489 e. The molecule has 1 amide bonds. The van der Waals surface area contributed by atoms with Crippen molar-refractivity contribution >= 4 is 12.0 Å². The monoisotopic (exact) mass is 387 g/mol. The molecule has 0 aromatic heterocycles. The van der Waals surface area contributed by atoms with Gasteiger partial charge in [0.15, 0.2) is 11.5 Å². The molecule has 5 nitrogen and oxygen atoms in total. The molecule has 0 bridgehead atoms. The van der Waals surface area contributed by atoms with Gasteiger partial charge < -0.3 is 19.5 Å². The Kier molecular flexibility index (Phi) is 5.76. The maximum atomic E-state index is 12.2. The first-order chi connectivity index (χ1) is 14.3. The average Bonchev–Trinajstić information content (AvgIpc) is 3.24. The molecule has 0 saturated heterocycles. The van der Waals surface area contributed by atoms with E-state index in [1.807, 2.05) is 72.8 Å². The van der Waals surface area contributed by atoms with Crippen LogP contribution in [0.25, 0.3) is 6.08 Å². The Balaban J connectivity index is 1.33. The van der Waals surface area contributed by atoms with Crippen LogP contribution in [0.2, 0.25) is 0 Å². The molecule has 0 aliphatic carbocycles. The molecule has 0 saturated carbocycles. The number of hydrogen-bond acceptors (Lipinski definition) is 4. The van der Waals surface area contributed by atoms with Crippen LogP contribution in [0.15, 0.2) is 78.9 Å². The predicted octanol–water partition coefficient (Wildman–Crippen LogP) is 4.32. The normalized spacial score (nSPS) is 12.1. The minimum atomic E-state index is -0.165. The summed E-state index contributed by atoms with van der Waals surface area (Å²) in [7, 11) is 0. The molecule has 3 aromatic rings. The van der Waals surface area contributed by atoms with Crippen molar-refractivity contribution in [2.24, 2.45) is 0 Å². The van der Waals surface area contributed by atoms with E-state index >= 15 is 0 Å². The Bertz CT molecular complexity index is 1010. The SMILES string of the molecule is O=C(/C=C/c1ccc2c(c1)OCO2)NCc1ccccc1COc1ccccc1. The van der Waals surface area contributed by atoms with E-state index in [2.05, 4.69) is 5.32 Å². The van der Waals surface area contributed by atoms with E-state index < -0.39 is 0 Å². The lowest BCUT2D eigenvalue weighted by Crippen LogP contribution is -2.21. The summed E-state index contributed by atoms with van der Waals surface area (Å²) in [5.74, 6) is 2.07. The number of nitrogens with one attached hydrogen (secondary N) is 1. The predicted molar refractivity (Wildman–Crippen MR) is 111 cm³/mol. The summed E-state index contributed by atoms with van der Waals surface area (Å²) >= 11 is 0. The zero-order valence-electron chi connectivity index (χ0n) is 15.8. The smallest absolute Gasteiger partial charge is 0.244 e. The summed E-state index contributed by atoms with van der Waals surface area (Å²) in [5.41, 5.74) is 2.94. The standard InChI is InChI=1S/C24H21NO4/c26-24(13-11-18-10-12-22-23(14-18)29-17-28-22)25-15-19-6-4-5-7-20(19)16-27-21-8-2-1-3-9-21/h1-14H,15-17H2,(H,25,26)/b13-11+. The van der Waals surface area contributed by atoms with Gasteiger partial charge in [0.05, 0.1) is 0 Å². The fraction of sp³-hybridized carbons (Fsp3) is 0.125. The fourth-order valence-electron chi connectivity index (χ4n) is 2.98. The maximum Gasteiger partial charge on any atom is 0.244 e. The summed E-state index contributed by atoms with van der Waals surface area (Å²) in [6.45, 7) is 1.11. The van der Waals surface area contributed by atoms with Gasteiger partial charge in [0.25, 0.3) is 0 Å². The van der Waals surface area contributed by atoms with Crippen molar-refractivity contribution in [1.82, 2.24) is 5.32 Å². The maximum absolute atomic E-state index is 12.2. The van der Waals surface area contributed by atoms with Crippen molar-refractivity contribution in [1.29, 1.82) is 0 Å². The van der Waals surface area contributed by atoms with Crippen LogP contribution in [0.4, 0.5) is 0 Å². The van der Waals surface area contributed by atoms with Crippen LogP contribution in [0.1, 0.15) is 16.7 Å². The highest BCUT2D eigenvalue weighted by atomic mass is 16.7. The van der Waals surface area contributed by atoms with Gasteiger partial charge in [0.1, 0.15) is 12.4 Å². The van der Waals surface area contributed by atoms with Gasteiger partial charge in [-0.2, -0.15) is 0 Å². The van der Waals surface area contributed by atoms with Gasteiger partial charge in [-0.1, -0.05) is 48.5 Å². The fourth-order valence-corrected chi connectivity index (χ4v) is 2.98. The summed E-state index contributed by atoms with van der Waals surface area (Å²) < 4.78 is 16.5. The van der Waals surface area contributed by atoms with Crippen LogP contribution in [-0.2, 0) is 17.9 Å². The van der Waals surface area contributed by atoms with Crippen LogP contribution in [0.5, 0.6) is 17.2 Å². The Morgan fingerprint density at radius 3 is 2.55 bits per heavy atom. The van der Waals surface area contributed by atoms with Gasteiger partial charge in [-0.05, 0) is 47.0 Å². The molecule has 29 heavy (non-hydrogen) atoms. The van der Waals surface area contributed by atoms with Crippen LogP contribution >= 0.6 is 0 Å². The van der Waals surface area contributed by atoms with Gasteiger partial charge in [0.2, 0.25) is 12.7 Å². The highest BCUT2D eigenvalue weighted by molar-refractivity contribution is 5.91. The van der Waals surface area contributed by atoms with Crippen molar-refractivity contribution in [3.05, 3.63) is 95.6 Å². The average molecular weight is 387 g/mol. The first-order valence-electron chi connectivity index (χ1n) is 9.38. The van der Waals surface area contributed by atoms with Crippen LogP contribution in [-0.4, -0.2) is 12.7 Å². The third kappa shape index (κ3) is 4.96. The lowest BCUT2D eigenvalue weighted by molar-refractivity contribution is -0.116. The molecular weight excluding hydrogens is 366 g/mol. The number of benzene rings is 3. The van der Waals surface area contributed by atoms with Crippen molar-refractivity contribution in [2.75, 3.05) is 6.79 Å². The highest BCUT2D eigenvalue weighted by Gasteiger charge is 2.12. The number of hydrogen-bond donors (Lipinski definition) is 1. The molecule has 5 heteroatoms. The zero-order chi connectivity index (χ0) is 19.9. The summed E-state index contributed by atoms with van der Waals surface area (Å²) in [5, 5.41) is 2.92. The third-order valence-corrected chi connectivity index (χ3v) is 4.53. The topological polar surface area (TPSA) is 56.8 Å². The molecule has 146 valence electrons. The van der Waals surface area contributed by atoms with Crippen LogP contribution in [0.3, 0.4) is 0 Å². The first-order valence-corrected chi connectivity index (χ1v) is 9.38. The third-order valence-electron chi connectivity index (χ3n) is 4.53. The Morgan fingerprint density at radius 1 is 0.931 bits per heavy atom. The van der Waals surface area contributed by atoms with E-state index in [-0.39, 0.29) is 12.7 Å². The first kappa shape index (κ1) is 18.6. The molecule has 0 spiro atoms. The largest absolute Gasteiger partial charge is 0.489 e. The van der Waals surface area contributed by atoms with E-state index in [0.717, 1.165) is 28.2 Å². The van der Waals surface area contributed by atoms with E-state index in [4.69, 9.17) is 14.2 Å². The Labute approximate surface area is 169 Å². The number of ether oxygens (including phenoxy) is 3. The van der Waals surface area contributed by atoms with Gasteiger partial charge in [-0.3, -0.25) is 4.79 Å². The summed E-state index contributed by atoms with van der Waals surface area (Å²) in [4.78, 5) is 12.2. The minimum absolute atomic E-state index is 0.165. The molecule has 0 fully saturated rings. The number of rotatable bonds is 7. The van der Waals surface area contributed by atoms with Crippen molar-refractivity contribution in [3.63, 3.8) is 0 Å². The van der Waals surface area contributed by atoms with Gasteiger partial charge in [-0.25, -0.2) is 0 Å². The quantitative estimate of drug-likeness (QED) is 0.614. The Hall–Kier alpha value is -3.73. The lowest BCUT2D eigenvalue weighted by Gasteiger charge is -2.11. The number of carbonyl (C=O) groups is 1. The number of fused-ring (bicyclic) bond motifs is 1. The summed E-state index contributed by atoms with van der Waals surface area (Å²) in [6.07, 6.45) is 3.27. The number of para-hydroxylation sites is 1. The molecule has 0 unspecified atom stereocenters. The van der Waals surface area contributed by atoms with Crippen molar-refractivity contribution in [3.8, 4) is 17.2 Å². The van der Waals surface area contributed by atoms with Crippen LogP contribution < -0.4 is 19.5 Å². The molecule has 1 aliphatic rings. The lowest BCUT2D eigenvalue weighted by atomic mass is 10.1. The van der Waals surface area contributed by atoms with Gasteiger partial charge >= 0.3 is 0 Å². The highest BCUT2D eigenvalue weighted by Crippen LogP contribution is 2.32. The second-order valence-corrected chi connectivity index (χ2v) is 6.53.